The first kappa shape index (κ1) is 12.6. The summed E-state index contributed by atoms with van der Waals surface area (Å²) in [5, 5.41) is 3.59. The van der Waals surface area contributed by atoms with E-state index in [1.807, 2.05) is 0 Å². The minimum absolute atomic E-state index is 0.428. The number of hydrogen-bond donors (Lipinski definition) is 2. The van der Waals surface area contributed by atoms with Crippen LogP contribution in [0.3, 0.4) is 0 Å². The molecule has 1 atom stereocenters. The Labute approximate surface area is 105 Å². The quantitative estimate of drug-likeness (QED) is 0.757. The van der Waals surface area contributed by atoms with Crippen molar-refractivity contribution in [1.82, 2.24) is 5.32 Å². The van der Waals surface area contributed by atoms with Gasteiger partial charge in [-0.05, 0) is 30.9 Å². The van der Waals surface area contributed by atoms with Gasteiger partial charge in [-0.1, -0.05) is 49.6 Å². The fourth-order valence-corrected chi connectivity index (χ4v) is 2.41. The fourth-order valence-electron chi connectivity index (χ4n) is 2.41. The molecule has 1 aliphatic carbocycles. The molecular formula is C15H24N2. The maximum Gasteiger partial charge on any atom is 0.0230 e. The van der Waals surface area contributed by atoms with Crippen molar-refractivity contribution in [2.24, 2.45) is 11.7 Å². The highest BCUT2D eigenvalue weighted by Gasteiger charge is 2.17. The summed E-state index contributed by atoms with van der Waals surface area (Å²) < 4.78 is 0. The topological polar surface area (TPSA) is 38.0 Å². The third-order valence-electron chi connectivity index (χ3n) is 3.82. The first-order valence-electron chi connectivity index (χ1n) is 6.86. The summed E-state index contributed by atoms with van der Waals surface area (Å²) >= 11 is 0. The van der Waals surface area contributed by atoms with E-state index in [0.29, 0.717) is 6.04 Å². The molecule has 1 unspecified atom stereocenters. The molecule has 0 radical (unpaired) electrons. The molecule has 1 saturated carbocycles. The lowest BCUT2D eigenvalue weighted by molar-refractivity contribution is 0.287. The standard InChI is InChI=1S/C15H24N2/c16-12-15(11-14-5-2-1-3-6-14)17-10-9-13-7-4-8-13/h1-3,5-6,13,15,17H,4,7-12,16H2. The maximum atomic E-state index is 5.82. The lowest BCUT2D eigenvalue weighted by Gasteiger charge is -2.26. The summed E-state index contributed by atoms with van der Waals surface area (Å²) in [7, 11) is 0. The molecule has 0 aliphatic heterocycles. The Kier molecular flexibility index (Phi) is 5.02. The van der Waals surface area contributed by atoms with Crippen molar-refractivity contribution >= 4 is 0 Å². The third kappa shape index (κ3) is 4.14. The van der Waals surface area contributed by atoms with Crippen LogP contribution in [0.5, 0.6) is 0 Å². The lowest BCUT2D eigenvalue weighted by Crippen LogP contribution is -2.39. The Balaban J connectivity index is 1.68. The molecule has 1 aromatic carbocycles. The Morgan fingerprint density at radius 1 is 1.24 bits per heavy atom. The summed E-state index contributed by atoms with van der Waals surface area (Å²) in [5.41, 5.74) is 7.20. The van der Waals surface area contributed by atoms with Crippen LogP contribution in [0.2, 0.25) is 0 Å². The Bertz CT molecular complexity index is 306. The number of nitrogens with two attached hydrogens (primary N) is 1. The average molecular weight is 232 g/mol. The van der Waals surface area contributed by atoms with Crippen molar-refractivity contribution in [2.45, 2.75) is 38.1 Å². The Morgan fingerprint density at radius 3 is 2.59 bits per heavy atom. The molecule has 0 aromatic heterocycles. The van der Waals surface area contributed by atoms with Crippen LogP contribution < -0.4 is 11.1 Å². The summed E-state index contributed by atoms with van der Waals surface area (Å²) in [6, 6.07) is 11.0. The van der Waals surface area contributed by atoms with Crippen LogP contribution in [0.1, 0.15) is 31.2 Å². The maximum absolute atomic E-state index is 5.82. The average Bonchev–Trinajstić information content (AvgIpc) is 2.32. The predicted molar refractivity (Wildman–Crippen MR) is 72.9 cm³/mol. The van der Waals surface area contributed by atoms with Gasteiger partial charge in [-0.3, -0.25) is 0 Å². The molecule has 1 aromatic rings. The molecule has 0 heterocycles. The second-order valence-corrected chi connectivity index (χ2v) is 5.16. The van der Waals surface area contributed by atoms with Crippen molar-refractivity contribution in [2.75, 3.05) is 13.1 Å². The van der Waals surface area contributed by atoms with Crippen molar-refractivity contribution < 1.29 is 0 Å². The minimum atomic E-state index is 0.428. The Hall–Kier alpha value is -0.860. The minimum Gasteiger partial charge on any atom is -0.329 e. The van der Waals surface area contributed by atoms with Crippen molar-refractivity contribution in [3.05, 3.63) is 35.9 Å². The number of rotatable bonds is 7. The van der Waals surface area contributed by atoms with Crippen LogP contribution in [0.4, 0.5) is 0 Å². The first-order chi connectivity index (χ1) is 8.38. The van der Waals surface area contributed by atoms with Gasteiger partial charge in [-0.25, -0.2) is 0 Å². The van der Waals surface area contributed by atoms with Gasteiger partial charge >= 0.3 is 0 Å². The van der Waals surface area contributed by atoms with E-state index in [1.54, 1.807) is 0 Å². The van der Waals surface area contributed by atoms with Gasteiger partial charge in [0.2, 0.25) is 0 Å². The fraction of sp³-hybridized carbons (Fsp3) is 0.600. The number of benzene rings is 1. The molecule has 94 valence electrons. The molecule has 0 saturated heterocycles. The molecule has 3 N–H and O–H groups in total. The molecule has 1 fully saturated rings. The molecular weight excluding hydrogens is 208 g/mol. The van der Waals surface area contributed by atoms with Gasteiger partial charge < -0.3 is 11.1 Å². The van der Waals surface area contributed by atoms with Crippen molar-refractivity contribution in [3.8, 4) is 0 Å². The van der Waals surface area contributed by atoms with Gasteiger partial charge in [0, 0.05) is 12.6 Å². The highest BCUT2D eigenvalue weighted by atomic mass is 14.9. The van der Waals surface area contributed by atoms with Gasteiger partial charge in [-0.15, -0.1) is 0 Å². The Morgan fingerprint density at radius 2 is 2.00 bits per heavy atom. The van der Waals surface area contributed by atoms with Crippen LogP contribution >= 0.6 is 0 Å². The molecule has 0 amide bonds. The molecule has 17 heavy (non-hydrogen) atoms. The summed E-state index contributed by atoms with van der Waals surface area (Å²) in [6.07, 6.45) is 6.68. The zero-order valence-corrected chi connectivity index (χ0v) is 10.6. The van der Waals surface area contributed by atoms with Crippen LogP contribution in [0.15, 0.2) is 30.3 Å². The van der Waals surface area contributed by atoms with Crippen LogP contribution in [-0.4, -0.2) is 19.1 Å². The van der Waals surface area contributed by atoms with E-state index in [9.17, 15) is 0 Å². The van der Waals surface area contributed by atoms with E-state index in [1.165, 1.54) is 31.2 Å². The van der Waals surface area contributed by atoms with Gasteiger partial charge in [-0.2, -0.15) is 0 Å². The zero-order chi connectivity index (χ0) is 11.9. The number of nitrogens with one attached hydrogen (secondary N) is 1. The smallest absolute Gasteiger partial charge is 0.0230 e. The van der Waals surface area contributed by atoms with Crippen LogP contribution in [0.25, 0.3) is 0 Å². The van der Waals surface area contributed by atoms with E-state index in [0.717, 1.165) is 25.4 Å². The number of hydrogen-bond acceptors (Lipinski definition) is 2. The lowest BCUT2D eigenvalue weighted by atomic mass is 9.83. The van der Waals surface area contributed by atoms with Crippen molar-refractivity contribution in [3.63, 3.8) is 0 Å². The summed E-state index contributed by atoms with van der Waals surface area (Å²) in [4.78, 5) is 0. The predicted octanol–water partition coefficient (Wildman–Crippen LogP) is 2.34. The molecule has 1 aliphatic rings. The van der Waals surface area contributed by atoms with Crippen molar-refractivity contribution in [1.29, 1.82) is 0 Å². The van der Waals surface area contributed by atoms with Crippen LogP contribution in [0, 0.1) is 5.92 Å². The molecule has 2 heteroatoms. The van der Waals surface area contributed by atoms with Gasteiger partial charge in [0.05, 0.1) is 0 Å². The second kappa shape index (κ2) is 6.77. The largest absolute Gasteiger partial charge is 0.329 e. The SMILES string of the molecule is NCC(Cc1ccccc1)NCCC1CCC1. The van der Waals surface area contributed by atoms with Gasteiger partial charge in [0.15, 0.2) is 0 Å². The van der Waals surface area contributed by atoms with E-state index >= 15 is 0 Å². The second-order valence-electron chi connectivity index (χ2n) is 5.16. The van der Waals surface area contributed by atoms with Gasteiger partial charge in [0.1, 0.15) is 0 Å². The van der Waals surface area contributed by atoms with E-state index < -0.39 is 0 Å². The first-order valence-corrected chi connectivity index (χ1v) is 6.86. The summed E-state index contributed by atoms with van der Waals surface area (Å²) in [5.74, 6) is 0.984. The normalized spacial score (nSPS) is 17.7. The van der Waals surface area contributed by atoms with E-state index in [-0.39, 0.29) is 0 Å². The van der Waals surface area contributed by atoms with E-state index in [4.69, 9.17) is 5.73 Å². The van der Waals surface area contributed by atoms with Gasteiger partial charge in [0.25, 0.3) is 0 Å². The molecule has 0 bridgehead atoms. The molecule has 0 spiro atoms. The monoisotopic (exact) mass is 232 g/mol. The highest BCUT2D eigenvalue weighted by Crippen LogP contribution is 2.28. The van der Waals surface area contributed by atoms with E-state index in [2.05, 4.69) is 35.6 Å². The highest BCUT2D eigenvalue weighted by molar-refractivity contribution is 5.15. The summed E-state index contributed by atoms with van der Waals surface area (Å²) in [6.45, 7) is 1.85. The van der Waals surface area contributed by atoms with Crippen LogP contribution in [-0.2, 0) is 6.42 Å². The zero-order valence-electron chi connectivity index (χ0n) is 10.6. The third-order valence-corrected chi connectivity index (χ3v) is 3.82. The molecule has 2 nitrogen and oxygen atoms in total. The molecule has 2 rings (SSSR count).